The van der Waals surface area contributed by atoms with Gasteiger partial charge in [-0.2, -0.15) is 0 Å². The third kappa shape index (κ3) is 5.79. The standard InChI is InChI=1S/C19H24IN/c1-2-15-21-19(17-11-13-18(20)14-12-17)10-6-9-16-7-4-3-5-8-16/h3-5,7-8,11-14,19,21H,2,6,9-10,15H2,1H3. The molecule has 2 heteroatoms. The quantitative estimate of drug-likeness (QED) is 0.596. The first kappa shape index (κ1) is 16.5. The van der Waals surface area contributed by atoms with E-state index in [-0.39, 0.29) is 0 Å². The van der Waals surface area contributed by atoms with Crippen molar-refractivity contribution in [3.8, 4) is 0 Å². The lowest BCUT2D eigenvalue weighted by Crippen LogP contribution is -2.22. The average molecular weight is 393 g/mol. The van der Waals surface area contributed by atoms with Crippen LogP contribution in [0.15, 0.2) is 54.6 Å². The Hall–Kier alpha value is -0.870. The van der Waals surface area contributed by atoms with Crippen molar-refractivity contribution in [1.29, 1.82) is 0 Å². The molecule has 1 N–H and O–H groups in total. The smallest absolute Gasteiger partial charge is 0.0320 e. The molecule has 0 fully saturated rings. The monoisotopic (exact) mass is 393 g/mol. The van der Waals surface area contributed by atoms with Gasteiger partial charge in [0.2, 0.25) is 0 Å². The fourth-order valence-electron chi connectivity index (χ4n) is 2.56. The van der Waals surface area contributed by atoms with Crippen LogP contribution in [0.2, 0.25) is 0 Å². The number of nitrogens with one attached hydrogen (secondary N) is 1. The highest BCUT2D eigenvalue weighted by atomic mass is 127. The van der Waals surface area contributed by atoms with Crippen LogP contribution in [0.1, 0.15) is 43.4 Å². The van der Waals surface area contributed by atoms with Gasteiger partial charge >= 0.3 is 0 Å². The molecule has 1 unspecified atom stereocenters. The third-order valence-corrected chi connectivity index (χ3v) is 4.43. The van der Waals surface area contributed by atoms with Gasteiger partial charge < -0.3 is 5.32 Å². The molecule has 0 bridgehead atoms. The van der Waals surface area contributed by atoms with E-state index in [4.69, 9.17) is 0 Å². The third-order valence-electron chi connectivity index (χ3n) is 3.71. The van der Waals surface area contributed by atoms with Gasteiger partial charge in [-0.15, -0.1) is 0 Å². The number of rotatable bonds is 8. The van der Waals surface area contributed by atoms with Crippen molar-refractivity contribution in [2.24, 2.45) is 0 Å². The minimum atomic E-state index is 0.477. The summed E-state index contributed by atoms with van der Waals surface area (Å²) >= 11 is 2.36. The number of aryl methyl sites for hydroxylation is 1. The van der Waals surface area contributed by atoms with Crippen molar-refractivity contribution in [2.45, 2.75) is 38.6 Å². The van der Waals surface area contributed by atoms with E-state index in [1.54, 1.807) is 0 Å². The molecule has 2 aromatic rings. The van der Waals surface area contributed by atoms with Crippen LogP contribution in [0, 0.1) is 3.57 Å². The summed E-state index contributed by atoms with van der Waals surface area (Å²) in [7, 11) is 0. The Morgan fingerprint density at radius 3 is 2.38 bits per heavy atom. The van der Waals surface area contributed by atoms with E-state index >= 15 is 0 Å². The highest BCUT2D eigenvalue weighted by molar-refractivity contribution is 14.1. The zero-order valence-electron chi connectivity index (χ0n) is 12.7. The average Bonchev–Trinajstić information content (AvgIpc) is 2.53. The Morgan fingerprint density at radius 2 is 1.71 bits per heavy atom. The molecular weight excluding hydrogens is 369 g/mol. The molecule has 21 heavy (non-hydrogen) atoms. The summed E-state index contributed by atoms with van der Waals surface area (Å²) in [6.07, 6.45) is 4.75. The predicted octanol–water partition coefficient (Wildman–Crippen LogP) is 5.35. The number of hydrogen-bond acceptors (Lipinski definition) is 1. The highest BCUT2D eigenvalue weighted by Crippen LogP contribution is 2.21. The summed E-state index contributed by atoms with van der Waals surface area (Å²) < 4.78 is 1.30. The minimum absolute atomic E-state index is 0.477. The Kier molecular flexibility index (Phi) is 7.24. The zero-order chi connectivity index (χ0) is 14.9. The van der Waals surface area contributed by atoms with Crippen LogP contribution in [0.25, 0.3) is 0 Å². The first-order valence-electron chi connectivity index (χ1n) is 7.82. The van der Waals surface area contributed by atoms with Crippen LogP contribution < -0.4 is 5.32 Å². The van der Waals surface area contributed by atoms with E-state index in [0.717, 1.165) is 13.0 Å². The van der Waals surface area contributed by atoms with Crippen LogP contribution in [0.3, 0.4) is 0 Å². The molecule has 0 saturated heterocycles. The summed E-state index contributed by atoms with van der Waals surface area (Å²) in [5.74, 6) is 0. The van der Waals surface area contributed by atoms with Gasteiger partial charge in [0.05, 0.1) is 0 Å². The van der Waals surface area contributed by atoms with Crippen LogP contribution >= 0.6 is 22.6 Å². The Labute approximate surface area is 142 Å². The van der Waals surface area contributed by atoms with E-state index in [9.17, 15) is 0 Å². The van der Waals surface area contributed by atoms with Gasteiger partial charge in [-0.3, -0.25) is 0 Å². The predicted molar refractivity (Wildman–Crippen MR) is 99.6 cm³/mol. The molecule has 0 saturated carbocycles. The van der Waals surface area contributed by atoms with E-state index in [1.807, 2.05) is 0 Å². The topological polar surface area (TPSA) is 12.0 Å². The Balaban J connectivity index is 1.91. The van der Waals surface area contributed by atoms with E-state index in [1.165, 1.54) is 34.0 Å². The molecule has 0 amide bonds. The summed E-state index contributed by atoms with van der Waals surface area (Å²) in [5.41, 5.74) is 2.85. The van der Waals surface area contributed by atoms with Crippen LogP contribution in [0.4, 0.5) is 0 Å². The van der Waals surface area contributed by atoms with Gasteiger partial charge in [0, 0.05) is 9.61 Å². The molecule has 0 spiro atoms. The lowest BCUT2D eigenvalue weighted by molar-refractivity contribution is 0.484. The summed E-state index contributed by atoms with van der Waals surface area (Å²) in [6, 6.07) is 20.2. The number of benzene rings is 2. The molecule has 0 heterocycles. The van der Waals surface area contributed by atoms with E-state index in [2.05, 4.69) is 89.4 Å². The van der Waals surface area contributed by atoms with Gasteiger partial charge in [0.15, 0.2) is 0 Å². The molecule has 2 aromatic carbocycles. The van der Waals surface area contributed by atoms with Gasteiger partial charge in [-0.1, -0.05) is 49.4 Å². The maximum Gasteiger partial charge on any atom is 0.0320 e. The molecule has 0 aliphatic rings. The second-order valence-electron chi connectivity index (χ2n) is 5.44. The maximum atomic E-state index is 3.69. The summed E-state index contributed by atoms with van der Waals surface area (Å²) in [4.78, 5) is 0. The molecule has 0 aromatic heterocycles. The van der Waals surface area contributed by atoms with Crippen molar-refractivity contribution >= 4 is 22.6 Å². The first-order valence-corrected chi connectivity index (χ1v) is 8.90. The zero-order valence-corrected chi connectivity index (χ0v) is 14.8. The molecular formula is C19H24IN. The minimum Gasteiger partial charge on any atom is -0.310 e. The molecule has 1 atom stereocenters. The fraction of sp³-hybridized carbons (Fsp3) is 0.368. The van der Waals surface area contributed by atoms with Crippen molar-refractivity contribution in [3.05, 3.63) is 69.3 Å². The number of hydrogen-bond donors (Lipinski definition) is 1. The number of halogens is 1. The molecule has 1 nitrogen and oxygen atoms in total. The molecule has 2 rings (SSSR count). The van der Waals surface area contributed by atoms with Crippen molar-refractivity contribution in [3.63, 3.8) is 0 Å². The summed E-state index contributed by atoms with van der Waals surface area (Å²) in [6.45, 7) is 3.31. The Bertz CT molecular complexity index is 507. The molecule has 112 valence electrons. The van der Waals surface area contributed by atoms with Crippen LogP contribution in [0.5, 0.6) is 0 Å². The maximum absolute atomic E-state index is 3.69. The second kappa shape index (κ2) is 9.21. The Morgan fingerprint density at radius 1 is 1.00 bits per heavy atom. The normalized spacial score (nSPS) is 12.3. The summed E-state index contributed by atoms with van der Waals surface area (Å²) in [5, 5.41) is 3.69. The molecule has 0 aliphatic heterocycles. The van der Waals surface area contributed by atoms with Crippen molar-refractivity contribution in [2.75, 3.05) is 6.54 Å². The largest absolute Gasteiger partial charge is 0.310 e. The van der Waals surface area contributed by atoms with Gasteiger partial charge in [-0.05, 0) is 78.1 Å². The molecule has 0 radical (unpaired) electrons. The van der Waals surface area contributed by atoms with Crippen LogP contribution in [-0.2, 0) is 6.42 Å². The second-order valence-corrected chi connectivity index (χ2v) is 6.68. The fourth-order valence-corrected chi connectivity index (χ4v) is 2.91. The van der Waals surface area contributed by atoms with Crippen LogP contribution in [-0.4, -0.2) is 6.54 Å². The van der Waals surface area contributed by atoms with Crippen molar-refractivity contribution < 1.29 is 0 Å². The van der Waals surface area contributed by atoms with Gasteiger partial charge in [0.1, 0.15) is 0 Å². The van der Waals surface area contributed by atoms with Gasteiger partial charge in [-0.25, -0.2) is 0 Å². The van der Waals surface area contributed by atoms with Crippen molar-refractivity contribution in [1.82, 2.24) is 5.32 Å². The lowest BCUT2D eigenvalue weighted by atomic mass is 9.99. The van der Waals surface area contributed by atoms with E-state index in [0.29, 0.717) is 6.04 Å². The van der Waals surface area contributed by atoms with Gasteiger partial charge in [0.25, 0.3) is 0 Å². The molecule has 0 aliphatic carbocycles. The SMILES string of the molecule is CCCNC(CCCc1ccccc1)c1ccc(I)cc1. The van der Waals surface area contributed by atoms with E-state index < -0.39 is 0 Å². The lowest BCUT2D eigenvalue weighted by Gasteiger charge is -2.19. The first-order chi connectivity index (χ1) is 10.3. The highest BCUT2D eigenvalue weighted by Gasteiger charge is 2.10.